The monoisotopic (exact) mass is 273 g/mol. The first-order valence-electron chi connectivity index (χ1n) is 6.64. The van der Waals surface area contributed by atoms with Gasteiger partial charge in [0.05, 0.1) is 0 Å². The minimum absolute atomic E-state index is 0.0231. The molecule has 0 aliphatic heterocycles. The molecule has 6 heteroatoms. The molecular formula is C13H27N3O3. The van der Waals surface area contributed by atoms with Crippen LogP contribution in [-0.4, -0.2) is 65.7 Å². The summed E-state index contributed by atoms with van der Waals surface area (Å²) in [5.74, 6) is -1.01. The average Bonchev–Trinajstić information content (AvgIpc) is 2.28. The van der Waals surface area contributed by atoms with Crippen molar-refractivity contribution in [2.75, 3.05) is 27.2 Å². The smallest absolute Gasteiger partial charge is 0.329 e. The number of nitrogens with one attached hydrogen (secondary N) is 1. The number of carboxylic acids is 1. The van der Waals surface area contributed by atoms with Crippen LogP contribution in [0.3, 0.4) is 0 Å². The van der Waals surface area contributed by atoms with Crippen LogP contribution in [0.15, 0.2) is 0 Å². The zero-order valence-electron chi connectivity index (χ0n) is 12.9. The van der Waals surface area contributed by atoms with Gasteiger partial charge in [0.15, 0.2) is 0 Å². The number of carboxylic acid groups (broad SMARTS) is 1. The first-order chi connectivity index (χ1) is 8.67. The molecule has 0 spiro atoms. The summed E-state index contributed by atoms with van der Waals surface area (Å²) in [5.41, 5.74) is -1.22. The largest absolute Gasteiger partial charge is 0.480 e. The Morgan fingerprint density at radius 3 is 2.16 bits per heavy atom. The van der Waals surface area contributed by atoms with Crippen molar-refractivity contribution < 1.29 is 14.7 Å². The van der Waals surface area contributed by atoms with Crippen molar-refractivity contribution in [1.29, 1.82) is 0 Å². The van der Waals surface area contributed by atoms with E-state index in [1.807, 2.05) is 32.8 Å². The molecule has 2 unspecified atom stereocenters. The Bertz CT molecular complexity index is 320. The first-order valence-corrected chi connectivity index (χ1v) is 6.64. The van der Waals surface area contributed by atoms with Crippen LogP contribution in [0.4, 0.5) is 4.79 Å². The standard InChI is InChI=1S/C13H27N3O3/c1-7-13(4,11(17)18)14-12(19)16(8-2)10(3)9-15(5)6/h10H,7-9H2,1-6H3,(H,14,19)(H,17,18). The second-order valence-corrected chi connectivity index (χ2v) is 5.32. The van der Waals surface area contributed by atoms with E-state index in [1.54, 1.807) is 11.8 Å². The van der Waals surface area contributed by atoms with Crippen LogP contribution in [0.2, 0.25) is 0 Å². The highest BCUT2D eigenvalue weighted by atomic mass is 16.4. The fourth-order valence-electron chi connectivity index (χ4n) is 1.88. The van der Waals surface area contributed by atoms with Gasteiger partial charge in [-0.2, -0.15) is 0 Å². The molecule has 0 rings (SSSR count). The summed E-state index contributed by atoms with van der Waals surface area (Å²) in [6.45, 7) is 8.38. The van der Waals surface area contributed by atoms with Gasteiger partial charge in [0, 0.05) is 19.1 Å². The van der Waals surface area contributed by atoms with Crippen molar-refractivity contribution in [3.8, 4) is 0 Å². The minimum Gasteiger partial charge on any atom is -0.480 e. The van der Waals surface area contributed by atoms with Gasteiger partial charge in [0.25, 0.3) is 0 Å². The number of hydrogen-bond donors (Lipinski definition) is 2. The quantitative estimate of drug-likeness (QED) is 0.731. The minimum atomic E-state index is -1.22. The Labute approximate surface area is 115 Å². The van der Waals surface area contributed by atoms with Gasteiger partial charge in [-0.25, -0.2) is 9.59 Å². The lowest BCUT2D eigenvalue weighted by molar-refractivity contribution is -0.143. The molecule has 0 saturated heterocycles. The molecule has 0 aliphatic rings. The third-order valence-corrected chi connectivity index (χ3v) is 3.32. The second kappa shape index (κ2) is 7.33. The van der Waals surface area contributed by atoms with E-state index < -0.39 is 11.5 Å². The number of hydrogen-bond acceptors (Lipinski definition) is 3. The van der Waals surface area contributed by atoms with E-state index in [1.165, 1.54) is 6.92 Å². The molecule has 112 valence electrons. The lowest BCUT2D eigenvalue weighted by atomic mass is 9.99. The van der Waals surface area contributed by atoms with Crippen molar-refractivity contribution in [1.82, 2.24) is 15.1 Å². The molecule has 0 heterocycles. The van der Waals surface area contributed by atoms with Crippen LogP contribution < -0.4 is 5.32 Å². The number of aliphatic carboxylic acids is 1. The first kappa shape index (κ1) is 17.7. The predicted octanol–water partition coefficient (Wildman–Crippen LogP) is 1.22. The van der Waals surface area contributed by atoms with Crippen LogP contribution in [0.1, 0.15) is 34.1 Å². The molecule has 2 atom stereocenters. The molecule has 0 aromatic heterocycles. The summed E-state index contributed by atoms with van der Waals surface area (Å²) in [4.78, 5) is 27.1. The van der Waals surface area contributed by atoms with E-state index in [-0.39, 0.29) is 12.1 Å². The van der Waals surface area contributed by atoms with Gasteiger partial charge in [0.2, 0.25) is 0 Å². The maximum absolute atomic E-state index is 12.2. The van der Waals surface area contributed by atoms with Gasteiger partial charge in [0.1, 0.15) is 5.54 Å². The predicted molar refractivity (Wildman–Crippen MR) is 75.3 cm³/mol. The fourth-order valence-corrected chi connectivity index (χ4v) is 1.88. The summed E-state index contributed by atoms with van der Waals surface area (Å²) in [6, 6.07) is -0.307. The molecule has 0 fully saturated rings. The molecule has 0 bridgehead atoms. The number of likely N-dealkylation sites (N-methyl/N-ethyl adjacent to an activating group) is 2. The topological polar surface area (TPSA) is 72.9 Å². The van der Waals surface area contributed by atoms with Crippen molar-refractivity contribution >= 4 is 12.0 Å². The SMILES string of the molecule is CCN(C(=O)NC(C)(CC)C(=O)O)C(C)CN(C)C. The Hall–Kier alpha value is -1.30. The number of urea groups is 1. The molecule has 2 N–H and O–H groups in total. The molecule has 6 nitrogen and oxygen atoms in total. The third kappa shape index (κ3) is 5.06. The molecule has 0 saturated carbocycles. The third-order valence-electron chi connectivity index (χ3n) is 3.32. The number of rotatable bonds is 7. The van der Waals surface area contributed by atoms with Crippen LogP contribution in [-0.2, 0) is 4.79 Å². The molecule has 0 radical (unpaired) electrons. The van der Waals surface area contributed by atoms with Crippen molar-refractivity contribution in [2.45, 2.75) is 45.7 Å². The van der Waals surface area contributed by atoms with E-state index in [9.17, 15) is 14.7 Å². The molecule has 0 aromatic rings. The molecule has 0 aromatic carbocycles. The maximum Gasteiger partial charge on any atom is 0.329 e. The highest BCUT2D eigenvalue weighted by Gasteiger charge is 2.34. The van der Waals surface area contributed by atoms with Crippen LogP contribution in [0.5, 0.6) is 0 Å². The van der Waals surface area contributed by atoms with Gasteiger partial charge in [-0.3, -0.25) is 0 Å². The zero-order chi connectivity index (χ0) is 15.2. The summed E-state index contributed by atoms with van der Waals surface area (Å²) in [5, 5.41) is 11.8. The second-order valence-electron chi connectivity index (χ2n) is 5.32. The highest BCUT2D eigenvalue weighted by Crippen LogP contribution is 2.11. The van der Waals surface area contributed by atoms with E-state index in [0.717, 1.165) is 6.54 Å². The summed E-state index contributed by atoms with van der Waals surface area (Å²) < 4.78 is 0. The Morgan fingerprint density at radius 1 is 1.32 bits per heavy atom. The van der Waals surface area contributed by atoms with E-state index in [4.69, 9.17) is 0 Å². The Balaban J connectivity index is 4.81. The highest BCUT2D eigenvalue weighted by molar-refractivity contribution is 5.85. The number of amides is 2. The van der Waals surface area contributed by atoms with E-state index >= 15 is 0 Å². The summed E-state index contributed by atoms with van der Waals surface area (Å²) >= 11 is 0. The van der Waals surface area contributed by atoms with Gasteiger partial charge in [-0.05, 0) is 41.3 Å². The molecule has 19 heavy (non-hydrogen) atoms. The lowest BCUT2D eigenvalue weighted by Gasteiger charge is -2.34. The molecule has 2 amide bonds. The van der Waals surface area contributed by atoms with Crippen molar-refractivity contribution in [2.24, 2.45) is 0 Å². The summed E-state index contributed by atoms with van der Waals surface area (Å²) in [6.07, 6.45) is 0.341. The number of carbonyl (C=O) groups is 2. The zero-order valence-corrected chi connectivity index (χ0v) is 12.9. The average molecular weight is 273 g/mol. The van der Waals surface area contributed by atoms with E-state index in [0.29, 0.717) is 13.0 Å². The van der Waals surface area contributed by atoms with Crippen LogP contribution in [0.25, 0.3) is 0 Å². The number of carbonyl (C=O) groups excluding carboxylic acids is 1. The van der Waals surface area contributed by atoms with Crippen molar-refractivity contribution in [3.63, 3.8) is 0 Å². The van der Waals surface area contributed by atoms with Crippen LogP contribution in [0, 0.1) is 0 Å². The van der Waals surface area contributed by atoms with Crippen LogP contribution >= 0.6 is 0 Å². The van der Waals surface area contributed by atoms with Crippen molar-refractivity contribution in [3.05, 3.63) is 0 Å². The van der Waals surface area contributed by atoms with Gasteiger partial charge in [-0.15, -0.1) is 0 Å². The van der Waals surface area contributed by atoms with Gasteiger partial charge >= 0.3 is 12.0 Å². The van der Waals surface area contributed by atoms with E-state index in [2.05, 4.69) is 5.32 Å². The van der Waals surface area contributed by atoms with Gasteiger partial charge < -0.3 is 20.2 Å². The molecular weight excluding hydrogens is 246 g/mol. The normalized spacial score (nSPS) is 15.7. The molecule has 0 aliphatic carbocycles. The number of nitrogens with zero attached hydrogens (tertiary/aromatic N) is 2. The Morgan fingerprint density at radius 2 is 1.84 bits per heavy atom. The maximum atomic E-state index is 12.2. The Kier molecular flexibility index (Phi) is 6.83. The summed E-state index contributed by atoms with van der Waals surface area (Å²) in [7, 11) is 3.88. The lowest BCUT2D eigenvalue weighted by Crippen LogP contribution is -2.58. The fraction of sp³-hybridized carbons (Fsp3) is 0.846. The van der Waals surface area contributed by atoms with Gasteiger partial charge in [-0.1, -0.05) is 6.92 Å².